The summed E-state index contributed by atoms with van der Waals surface area (Å²) in [6, 6.07) is 13.2. The molecule has 0 radical (unpaired) electrons. The molecule has 2 atom stereocenters. The molecule has 1 saturated carbocycles. The third-order valence-electron chi connectivity index (χ3n) is 5.23. The van der Waals surface area contributed by atoms with Crippen LogP contribution in [-0.4, -0.2) is 37.0 Å². The number of benzene rings is 2. The van der Waals surface area contributed by atoms with Crippen molar-refractivity contribution in [3.63, 3.8) is 0 Å². The fraction of sp³-hybridized carbons (Fsp3) is 0.409. The van der Waals surface area contributed by atoms with Crippen molar-refractivity contribution in [1.82, 2.24) is 10.6 Å². The van der Waals surface area contributed by atoms with Crippen molar-refractivity contribution in [2.75, 3.05) is 13.2 Å². The number of hydrogen-bond acceptors (Lipinski definition) is 4. The number of carbonyl (C=O) groups is 3. The van der Waals surface area contributed by atoms with Crippen LogP contribution in [0.3, 0.4) is 0 Å². The van der Waals surface area contributed by atoms with Crippen LogP contribution in [-0.2, 0) is 14.3 Å². The lowest BCUT2D eigenvalue weighted by Crippen LogP contribution is -2.43. The smallest absolute Gasteiger partial charge is 0.325 e. The maximum atomic E-state index is 12.2. The Labute approximate surface area is 164 Å². The van der Waals surface area contributed by atoms with Crippen LogP contribution < -0.4 is 10.6 Å². The number of esters is 1. The van der Waals surface area contributed by atoms with E-state index in [-0.39, 0.29) is 31.0 Å². The van der Waals surface area contributed by atoms with Gasteiger partial charge in [0.05, 0.1) is 0 Å². The first-order chi connectivity index (χ1) is 13.5. The quantitative estimate of drug-likeness (QED) is 0.753. The molecule has 2 aromatic carbocycles. The summed E-state index contributed by atoms with van der Waals surface area (Å²) in [7, 11) is 0. The van der Waals surface area contributed by atoms with Crippen molar-refractivity contribution in [1.29, 1.82) is 0 Å². The highest BCUT2D eigenvalue weighted by Crippen LogP contribution is 2.23. The van der Waals surface area contributed by atoms with Gasteiger partial charge >= 0.3 is 5.97 Å². The van der Waals surface area contributed by atoms with Crippen molar-refractivity contribution < 1.29 is 19.1 Å². The summed E-state index contributed by atoms with van der Waals surface area (Å²) in [5, 5.41) is 7.45. The molecule has 0 saturated heterocycles. The normalized spacial score (nSPS) is 19.0. The van der Waals surface area contributed by atoms with Crippen LogP contribution in [0, 0.1) is 5.92 Å². The summed E-state index contributed by atoms with van der Waals surface area (Å²) >= 11 is 0. The standard InChI is InChI=1S/C22H26N2O4/c1-15-6-2-5-9-19(15)24-20(25)14-28-21(26)13-23-22(27)18-11-10-16-7-3-4-8-17(16)12-18/h3-4,7-8,10-12,15,19H,2,5-6,9,13-14H2,1H3,(H,23,27)(H,24,25)/t15-,19+/m1/s1. The van der Waals surface area contributed by atoms with Gasteiger partial charge in [-0.1, -0.05) is 50.1 Å². The largest absolute Gasteiger partial charge is 0.454 e. The predicted octanol–water partition coefficient (Wildman–Crippen LogP) is 2.81. The molecule has 0 aliphatic heterocycles. The van der Waals surface area contributed by atoms with Gasteiger partial charge in [0.2, 0.25) is 0 Å². The second kappa shape index (κ2) is 9.35. The van der Waals surface area contributed by atoms with Gasteiger partial charge in [-0.3, -0.25) is 14.4 Å². The molecular formula is C22H26N2O4. The highest BCUT2D eigenvalue weighted by atomic mass is 16.5. The first kappa shape index (κ1) is 19.9. The van der Waals surface area contributed by atoms with E-state index < -0.39 is 5.97 Å². The van der Waals surface area contributed by atoms with Crippen molar-refractivity contribution in [3.05, 3.63) is 48.0 Å². The maximum Gasteiger partial charge on any atom is 0.325 e. The molecule has 148 valence electrons. The van der Waals surface area contributed by atoms with Gasteiger partial charge in [0.25, 0.3) is 11.8 Å². The van der Waals surface area contributed by atoms with Gasteiger partial charge in [0.15, 0.2) is 6.61 Å². The van der Waals surface area contributed by atoms with Crippen molar-refractivity contribution in [3.8, 4) is 0 Å². The average Bonchev–Trinajstić information content (AvgIpc) is 2.71. The Morgan fingerprint density at radius 2 is 1.79 bits per heavy atom. The number of rotatable bonds is 6. The van der Waals surface area contributed by atoms with E-state index in [1.807, 2.05) is 30.3 Å². The lowest BCUT2D eigenvalue weighted by Gasteiger charge is -2.29. The molecular weight excluding hydrogens is 356 g/mol. The Hall–Kier alpha value is -2.89. The zero-order valence-corrected chi connectivity index (χ0v) is 16.1. The number of nitrogens with one attached hydrogen (secondary N) is 2. The molecule has 0 bridgehead atoms. The van der Waals surface area contributed by atoms with Crippen LogP contribution in [0.4, 0.5) is 0 Å². The van der Waals surface area contributed by atoms with E-state index in [1.165, 1.54) is 6.42 Å². The number of amides is 2. The Morgan fingerprint density at radius 1 is 1.04 bits per heavy atom. The number of hydrogen-bond donors (Lipinski definition) is 2. The molecule has 2 N–H and O–H groups in total. The van der Waals surface area contributed by atoms with Crippen molar-refractivity contribution in [2.45, 2.75) is 38.6 Å². The second-order valence-corrected chi connectivity index (χ2v) is 7.34. The fourth-order valence-electron chi connectivity index (χ4n) is 3.56. The van der Waals surface area contributed by atoms with Gasteiger partial charge in [-0.2, -0.15) is 0 Å². The van der Waals surface area contributed by atoms with Gasteiger partial charge in [0.1, 0.15) is 6.54 Å². The average molecular weight is 382 g/mol. The van der Waals surface area contributed by atoms with Crippen LogP contribution in [0.15, 0.2) is 42.5 Å². The lowest BCUT2D eigenvalue weighted by molar-refractivity contribution is -0.147. The minimum Gasteiger partial charge on any atom is -0.454 e. The van der Waals surface area contributed by atoms with Crippen molar-refractivity contribution in [2.24, 2.45) is 5.92 Å². The highest BCUT2D eigenvalue weighted by Gasteiger charge is 2.23. The summed E-state index contributed by atoms with van der Waals surface area (Å²) in [5.74, 6) is -0.855. The Morgan fingerprint density at radius 3 is 2.57 bits per heavy atom. The van der Waals surface area contributed by atoms with Crippen LogP contribution in [0.5, 0.6) is 0 Å². The number of carbonyl (C=O) groups excluding carboxylic acids is 3. The molecule has 6 heteroatoms. The van der Waals surface area contributed by atoms with E-state index in [0.717, 1.165) is 30.0 Å². The number of fused-ring (bicyclic) bond motifs is 1. The topological polar surface area (TPSA) is 84.5 Å². The maximum absolute atomic E-state index is 12.2. The van der Waals surface area contributed by atoms with Crippen molar-refractivity contribution >= 4 is 28.6 Å². The Kier molecular flexibility index (Phi) is 6.63. The van der Waals surface area contributed by atoms with E-state index >= 15 is 0 Å². The van der Waals surface area contributed by atoms with Crippen LogP contribution >= 0.6 is 0 Å². The third-order valence-corrected chi connectivity index (χ3v) is 5.23. The molecule has 0 heterocycles. The summed E-state index contributed by atoms with van der Waals surface area (Å²) in [4.78, 5) is 36.0. The first-order valence-corrected chi connectivity index (χ1v) is 9.75. The molecule has 1 aliphatic carbocycles. The predicted molar refractivity (Wildman–Crippen MR) is 107 cm³/mol. The van der Waals surface area contributed by atoms with Gasteiger partial charge in [-0.15, -0.1) is 0 Å². The lowest BCUT2D eigenvalue weighted by atomic mass is 9.86. The zero-order valence-electron chi connectivity index (χ0n) is 16.1. The van der Waals surface area contributed by atoms with Crippen LogP contribution in [0.25, 0.3) is 10.8 Å². The highest BCUT2D eigenvalue weighted by molar-refractivity contribution is 5.99. The second-order valence-electron chi connectivity index (χ2n) is 7.34. The molecule has 1 aliphatic rings. The van der Waals surface area contributed by atoms with Crippen LogP contribution in [0.2, 0.25) is 0 Å². The summed E-state index contributed by atoms with van der Waals surface area (Å²) in [6.07, 6.45) is 4.36. The zero-order chi connectivity index (χ0) is 19.9. The van der Waals surface area contributed by atoms with E-state index in [2.05, 4.69) is 17.6 Å². The van der Waals surface area contributed by atoms with Gasteiger partial charge in [0, 0.05) is 11.6 Å². The monoisotopic (exact) mass is 382 g/mol. The molecule has 0 aromatic heterocycles. The fourth-order valence-corrected chi connectivity index (χ4v) is 3.56. The molecule has 2 amide bonds. The molecule has 6 nitrogen and oxygen atoms in total. The van der Waals surface area contributed by atoms with E-state index in [4.69, 9.17) is 4.74 Å². The van der Waals surface area contributed by atoms with E-state index in [9.17, 15) is 14.4 Å². The van der Waals surface area contributed by atoms with Gasteiger partial charge in [-0.05, 0) is 41.7 Å². The molecule has 1 fully saturated rings. The summed E-state index contributed by atoms with van der Waals surface area (Å²) < 4.78 is 4.97. The van der Waals surface area contributed by atoms with Gasteiger partial charge in [-0.25, -0.2) is 0 Å². The summed E-state index contributed by atoms with van der Waals surface area (Å²) in [5.41, 5.74) is 0.468. The van der Waals surface area contributed by atoms with Gasteiger partial charge < -0.3 is 15.4 Å². The number of ether oxygens (including phenoxy) is 1. The summed E-state index contributed by atoms with van der Waals surface area (Å²) in [6.45, 7) is 1.52. The SMILES string of the molecule is C[C@@H]1CCCC[C@@H]1NC(=O)COC(=O)CNC(=O)c1ccc2ccccc2c1. The Bertz CT molecular complexity index is 864. The molecule has 28 heavy (non-hydrogen) atoms. The van der Waals surface area contributed by atoms with E-state index in [1.54, 1.807) is 12.1 Å². The Balaban J connectivity index is 1.41. The molecule has 3 rings (SSSR count). The molecule has 0 unspecified atom stereocenters. The molecule has 0 spiro atoms. The van der Waals surface area contributed by atoms with E-state index in [0.29, 0.717) is 11.5 Å². The third kappa shape index (κ3) is 5.31. The minimum absolute atomic E-state index is 0.146. The minimum atomic E-state index is -0.638. The first-order valence-electron chi connectivity index (χ1n) is 9.75. The molecule has 2 aromatic rings. The van der Waals surface area contributed by atoms with Crippen LogP contribution in [0.1, 0.15) is 43.0 Å².